The van der Waals surface area contributed by atoms with Crippen molar-refractivity contribution >= 4 is 29.1 Å². The highest BCUT2D eigenvalue weighted by Crippen LogP contribution is 2.39. The number of carbonyl (C=O) groups is 2. The number of Topliss-reactive ketones (excluding diaryl/α,β-unsaturated/α-hetero) is 1. The lowest BCUT2D eigenvalue weighted by Gasteiger charge is -2.25. The minimum atomic E-state index is -0.702. The number of halogens is 1. The molecule has 0 radical (unpaired) electrons. The van der Waals surface area contributed by atoms with Crippen LogP contribution in [0, 0.1) is 0 Å². The molecule has 0 aliphatic carbocycles. The second-order valence-corrected chi connectivity index (χ2v) is 7.75. The van der Waals surface area contributed by atoms with Crippen molar-refractivity contribution < 1.29 is 19.4 Å². The van der Waals surface area contributed by atoms with Crippen molar-refractivity contribution in [1.82, 2.24) is 4.90 Å². The highest BCUT2D eigenvalue weighted by Gasteiger charge is 2.45. The summed E-state index contributed by atoms with van der Waals surface area (Å²) >= 11 is 5.93. The second kappa shape index (κ2) is 8.80. The Morgan fingerprint density at radius 3 is 2.28 bits per heavy atom. The number of hydrogen-bond acceptors (Lipinski definition) is 4. The van der Waals surface area contributed by atoms with E-state index in [0.717, 1.165) is 11.1 Å². The molecule has 5 nitrogen and oxygen atoms in total. The van der Waals surface area contributed by atoms with Crippen LogP contribution in [0.1, 0.15) is 42.5 Å². The number of amides is 1. The van der Waals surface area contributed by atoms with Gasteiger partial charge < -0.3 is 14.7 Å². The summed E-state index contributed by atoms with van der Waals surface area (Å²) in [6.45, 7) is 4.73. The highest BCUT2D eigenvalue weighted by molar-refractivity contribution is 6.46. The molecule has 152 valence electrons. The van der Waals surface area contributed by atoms with Crippen LogP contribution in [0.2, 0.25) is 5.02 Å². The van der Waals surface area contributed by atoms with Crippen LogP contribution in [0.3, 0.4) is 0 Å². The van der Waals surface area contributed by atoms with E-state index < -0.39 is 17.7 Å². The van der Waals surface area contributed by atoms with E-state index in [4.69, 9.17) is 16.3 Å². The van der Waals surface area contributed by atoms with E-state index in [9.17, 15) is 14.7 Å². The molecule has 6 heteroatoms. The van der Waals surface area contributed by atoms with Gasteiger partial charge in [-0.25, -0.2) is 0 Å². The van der Waals surface area contributed by atoms with Crippen molar-refractivity contribution in [3.63, 3.8) is 0 Å². The maximum absolute atomic E-state index is 12.8. The number of nitrogens with zero attached hydrogens (tertiary/aromatic N) is 1. The van der Waals surface area contributed by atoms with Crippen LogP contribution >= 0.6 is 11.6 Å². The summed E-state index contributed by atoms with van der Waals surface area (Å²) in [6, 6.07) is 13.6. The van der Waals surface area contributed by atoms with Crippen molar-refractivity contribution in [2.45, 2.75) is 25.8 Å². The number of methoxy groups -OCH3 is 1. The average Bonchev–Trinajstić information content (AvgIpc) is 2.97. The molecule has 2 aromatic carbocycles. The topological polar surface area (TPSA) is 66.8 Å². The van der Waals surface area contributed by atoms with E-state index in [1.54, 1.807) is 24.3 Å². The molecule has 1 heterocycles. The first-order chi connectivity index (χ1) is 13.8. The molecular formula is C23H24ClNO4. The van der Waals surface area contributed by atoms with E-state index >= 15 is 0 Å². The van der Waals surface area contributed by atoms with Crippen LogP contribution in [0.4, 0.5) is 0 Å². The van der Waals surface area contributed by atoms with Gasteiger partial charge in [-0.15, -0.1) is 0 Å². The average molecular weight is 414 g/mol. The fourth-order valence-corrected chi connectivity index (χ4v) is 3.60. The Bertz CT molecular complexity index is 932. The van der Waals surface area contributed by atoms with Crippen molar-refractivity contribution in [2.24, 2.45) is 0 Å². The molecular weight excluding hydrogens is 390 g/mol. The van der Waals surface area contributed by atoms with Gasteiger partial charge in [-0.05, 0) is 41.3 Å². The van der Waals surface area contributed by atoms with Crippen LogP contribution in [-0.2, 0) is 14.3 Å². The largest absolute Gasteiger partial charge is 0.507 e. The van der Waals surface area contributed by atoms with Crippen LogP contribution < -0.4 is 0 Å². The van der Waals surface area contributed by atoms with Gasteiger partial charge in [0.25, 0.3) is 11.7 Å². The van der Waals surface area contributed by atoms with Crippen LogP contribution in [0.5, 0.6) is 0 Å². The maximum Gasteiger partial charge on any atom is 0.295 e. The monoisotopic (exact) mass is 413 g/mol. The third-order valence-electron chi connectivity index (χ3n) is 5.11. The van der Waals surface area contributed by atoms with Gasteiger partial charge in [0, 0.05) is 24.2 Å². The number of benzene rings is 2. The zero-order chi connectivity index (χ0) is 21.1. The van der Waals surface area contributed by atoms with Gasteiger partial charge in [-0.3, -0.25) is 9.59 Å². The molecule has 0 saturated carbocycles. The molecule has 3 rings (SSSR count). The fourth-order valence-electron chi connectivity index (χ4n) is 3.47. The lowest BCUT2D eigenvalue weighted by molar-refractivity contribution is -0.140. The molecule has 1 saturated heterocycles. The Morgan fingerprint density at radius 2 is 1.72 bits per heavy atom. The Labute approximate surface area is 175 Å². The summed E-state index contributed by atoms with van der Waals surface area (Å²) in [5.74, 6) is -1.20. The van der Waals surface area contributed by atoms with E-state index in [1.807, 2.05) is 24.3 Å². The molecule has 2 aromatic rings. The number of aliphatic hydroxyl groups is 1. The van der Waals surface area contributed by atoms with E-state index in [1.165, 1.54) is 12.0 Å². The van der Waals surface area contributed by atoms with E-state index in [-0.39, 0.29) is 24.5 Å². The number of hydrogen-bond donors (Lipinski definition) is 1. The van der Waals surface area contributed by atoms with Crippen molar-refractivity contribution in [2.75, 3.05) is 20.3 Å². The van der Waals surface area contributed by atoms with Gasteiger partial charge in [-0.1, -0.05) is 49.7 Å². The summed E-state index contributed by atoms with van der Waals surface area (Å²) in [6.07, 6.45) is 0. The number of carbonyl (C=O) groups excluding carboxylic acids is 2. The zero-order valence-corrected chi connectivity index (χ0v) is 17.4. The van der Waals surface area contributed by atoms with Crippen LogP contribution in [-0.4, -0.2) is 42.0 Å². The third kappa shape index (κ3) is 4.21. The Balaban J connectivity index is 2.13. The number of ether oxygens (including phenoxy) is 1. The minimum Gasteiger partial charge on any atom is -0.507 e. The predicted octanol–water partition coefficient (Wildman–Crippen LogP) is 4.53. The molecule has 1 aliphatic rings. The lowest BCUT2D eigenvalue weighted by Crippen LogP contribution is -2.32. The van der Waals surface area contributed by atoms with Gasteiger partial charge in [0.15, 0.2) is 0 Å². The quantitative estimate of drug-likeness (QED) is 0.429. The number of rotatable bonds is 6. The summed E-state index contributed by atoms with van der Waals surface area (Å²) in [5.41, 5.74) is 2.43. The molecule has 0 spiro atoms. The molecule has 0 unspecified atom stereocenters. The molecule has 0 bridgehead atoms. The summed E-state index contributed by atoms with van der Waals surface area (Å²) in [5, 5.41) is 11.4. The van der Waals surface area contributed by atoms with E-state index in [0.29, 0.717) is 16.5 Å². The SMILES string of the molecule is COCCN1C(=O)C(=O)C(=C(O)c2ccc(Cl)cc2)[C@H]1c1ccc(C(C)C)cc1. The Morgan fingerprint density at radius 1 is 1.10 bits per heavy atom. The smallest absolute Gasteiger partial charge is 0.295 e. The first-order valence-corrected chi connectivity index (χ1v) is 9.86. The predicted molar refractivity (Wildman–Crippen MR) is 113 cm³/mol. The first kappa shape index (κ1) is 21.1. The lowest BCUT2D eigenvalue weighted by atomic mass is 9.93. The van der Waals surface area contributed by atoms with Crippen molar-refractivity contribution in [3.8, 4) is 0 Å². The normalized spacial score (nSPS) is 18.7. The van der Waals surface area contributed by atoms with E-state index in [2.05, 4.69) is 13.8 Å². The molecule has 1 fully saturated rings. The standard InChI is InChI=1S/C23H24ClNO4/c1-14(2)15-4-6-16(7-5-15)20-19(21(26)17-8-10-18(24)11-9-17)22(27)23(28)25(20)12-13-29-3/h4-11,14,20,26H,12-13H2,1-3H3/t20-/m1/s1. The number of likely N-dealkylation sites (tertiary alicyclic amines) is 1. The van der Waals surface area contributed by atoms with Crippen LogP contribution in [0.25, 0.3) is 5.76 Å². The first-order valence-electron chi connectivity index (χ1n) is 9.48. The van der Waals surface area contributed by atoms with Crippen molar-refractivity contribution in [1.29, 1.82) is 0 Å². The molecule has 1 amide bonds. The third-order valence-corrected chi connectivity index (χ3v) is 5.36. The van der Waals surface area contributed by atoms with Gasteiger partial charge in [0.2, 0.25) is 0 Å². The van der Waals surface area contributed by atoms with Gasteiger partial charge >= 0.3 is 0 Å². The second-order valence-electron chi connectivity index (χ2n) is 7.31. The maximum atomic E-state index is 12.8. The Kier molecular flexibility index (Phi) is 6.40. The summed E-state index contributed by atoms with van der Waals surface area (Å²) < 4.78 is 5.12. The molecule has 1 atom stereocenters. The zero-order valence-electron chi connectivity index (χ0n) is 16.7. The summed E-state index contributed by atoms with van der Waals surface area (Å²) in [4.78, 5) is 27.0. The van der Waals surface area contributed by atoms with Gasteiger partial charge in [-0.2, -0.15) is 0 Å². The summed E-state index contributed by atoms with van der Waals surface area (Å²) in [7, 11) is 1.54. The van der Waals surface area contributed by atoms with Gasteiger partial charge in [0.1, 0.15) is 5.76 Å². The molecule has 1 N–H and O–H groups in total. The molecule has 1 aliphatic heterocycles. The number of ketones is 1. The van der Waals surface area contributed by atoms with Crippen molar-refractivity contribution in [3.05, 3.63) is 75.8 Å². The Hall–Kier alpha value is -2.63. The molecule has 29 heavy (non-hydrogen) atoms. The number of aliphatic hydroxyl groups excluding tert-OH is 1. The minimum absolute atomic E-state index is 0.0747. The molecule has 0 aromatic heterocycles. The van der Waals surface area contributed by atoms with Crippen LogP contribution in [0.15, 0.2) is 54.1 Å². The van der Waals surface area contributed by atoms with Gasteiger partial charge in [0.05, 0.1) is 18.2 Å². The highest BCUT2D eigenvalue weighted by atomic mass is 35.5. The fraction of sp³-hybridized carbons (Fsp3) is 0.304.